The van der Waals surface area contributed by atoms with Crippen molar-refractivity contribution in [2.75, 3.05) is 0 Å². The van der Waals surface area contributed by atoms with Crippen LogP contribution in [0.1, 0.15) is 19.4 Å². The molecule has 0 saturated heterocycles. The number of benzene rings is 1. The van der Waals surface area contributed by atoms with Gasteiger partial charge in [-0.05, 0) is 25.0 Å². The molecule has 0 saturated carbocycles. The highest BCUT2D eigenvalue weighted by Crippen LogP contribution is 2.43. The van der Waals surface area contributed by atoms with E-state index in [0.717, 1.165) is 16.3 Å². The van der Waals surface area contributed by atoms with Gasteiger partial charge in [-0.1, -0.05) is 50.0 Å². The van der Waals surface area contributed by atoms with Crippen molar-refractivity contribution in [3.63, 3.8) is 0 Å². The fourth-order valence-electron chi connectivity index (χ4n) is 2.60. The van der Waals surface area contributed by atoms with E-state index < -0.39 is 13.7 Å². The van der Waals surface area contributed by atoms with Crippen LogP contribution >= 0.6 is 0 Å². The van der Waals surface area contributed by atoms with Gasteiger partial charge < -0.3 is 4.74 Å². The molecule has 1 heterocycles. The minimum Gasteiger partial charge on any atom is -0.447 e. The summed E-state index contributed by atoms with van der Waals surface area (Å²) in [5, 5.41) is 0.939. The molecule has 2 rings (SSSR count). The van der Waals surface area contributed by atoms with Crippen LogP contribution in [-0.4, -0.2) is 14.0 Å². The molecule has 96 valence electrons. The van der Waals surface area contributed by atoms with Crippen molar-refractivity contribution < 1.29 is 9.53 Å². The summed E-state index contributed by atoms with van der Waals surface area (Å²) in [5.41, 5.74) is 1.54. The van der Waals surface area contributed by atoms with Crippen molar-refractivity contribution >= 4 is 14.0 Å². The lowest BCUT2D eigenvalue weighted by Crippen LogP contribution is -2.28. The first-order valence-corrected chi connectivity index (χ1v) is 9.77. The number of carbonyl (C=O) groups excluding carboxylic acids is 1. The van der Waals surface area contributed by atoms with Gasteiger partial charge in [-0.15, -0.1) is 0 Å². The third kappa shape index (κ3) is 1.92. The molecule has 3 heteroatoms. The summed E-state index contributed by atoms with van der Waals surface area (Å²) in [5.74, 6) is -0.127. The molecule has 18 heavy (non-hydrogen) atoms. The SMILES string of the molecule is CC1=C([Si](C)(C)C)C(=O)OC1(C)c1ccccc1. The minimum absolute atomic E-state index is 0.127. The number of esters is 1. The second-order valence-electron chi connectivity index (χ2n) is 6.04. The van der Waals surface area contributed by atoms with Crippen LogP contribution in [-0.2, 0) is 15.1 Å². The third-order valence-electron chi connectivity index (χ3n) is 3.67. The van der Waals surface area contributed by atoms with Crippen LogP contribution in [0.5, 0.6) is 0 Å². The van der Waals surface area contributed by atoms with Crippen molar-refractivity contribution in [1.29, 1.82) is 0 Å². The van der Waals surface area contributed by atoms with Gasteiger partial charge in [0.05, 0.1) is 8.07 Å². The number of hydrogen-bond donors (Lipinski definition) is 0. The Hall–Kier alpha value is -1.35. The smallest absolute Gasteiger partial charge is 0.331 e. The first-order valence-electron chi connectivity index (χ1n) is 6.27. The van der Waals surface area contributed by atoms with E-state index >= 15 is 0 Å². The molecular formula is C15H20O2Si. The minimum atomic E-state index is -1.67. The van der Waals surface area contributed by atoms with Gasteiger partial charge in [0.15, 0.2) is 5.60 Å². The molecule has 1 aromatic rings. The highest BCUT2D eigenvalue weighted by Gasteiger charge is 2.46. The molecular weight excluding hydrogens is 240 g/mol. The topological polar surface area (TPSA) is 26.3 Å². The first kappa shape index (κ1) is 13.1. The van der Waals surface area contributed by atoms with Gasteiger partial charge in [0.25, 0.3) is 0 Å². The Labute approximate surface area is 110 Å². The lowest BCUT2D eigenvalue weighted by Gasteiger charge is -2.25. The van der Waals surface area contributed by atoms with Crippen molar-refractivity contribution in [1.82, 2.24) is 0 Å². The van der Waals surface area contributed by atoms with Crippen LogP contribution in [0.2, 0.25) is 19.6 Å². The molecule has 0 N–H and O–H groups in total. The van der Waals surface area contributed by atoms with Crippen LogP contribution in [0.25, 0.3) is 0 Å². The average molecular weight is 260 g/mol. The van der Waals surface area contributed by atoms with Crippen LogP contribution in [0, 0.1) is 0 Å². The maximum absolute atomic E-state index is 12.2. The van der Waals surface area contributed by atoms with E-state index in [1.165, 1.54) is 0 Å². The quantitative estimate of drug-likeness (QED) is 0.599. The van der Waals surface area contributed by atoms with Crippen molar-refractivity contribution in [3.8, 4) is 0 Å². The van der Waals surface area contributed by atoms with Gasteiger partial charge in [0, 0.05) is 5.20 Å². The Balaban J connectivity index is 2.57. The zero-order valence-corrected chi connectivity index (χ0v) is 12.7. The standard InChI is InChI=1S/C15H20O2Si/c1-11-13(18(3,4)5)14(16)17-15(11,2)12-9-7-6-8-10-12/h6-10H,1-5H3. The Morgan fingerprint density at radius 2 is 1.67 bits per heavy atom. The van der Waals surface area contributed by atoms with Crippen LogP contribution in [0.15, 0.2) is 41.1 Å². The molecule has 0 bridgehead atoms. The summed E-state index contributed by atoms with van der Waals surface area (Å²) in [7, 11) is -1.67. The fourth-order valence-corrected chi connectivity index (χ4v) is 4.63. The monoisotopic (exact) mass is 260 g/mol. The molecule has 0 radical (unpaired) electrons. The molecule has 0 aliphatic carbocycles. The predicted molar refractivity (Wildman–Crippen MR) is 75.9 cm³/mol. The number of cyclic esters (lactones) is 1. The van der Waals surface area contributed by atoms with Crippen LogP contribution < -0.4 is 0 Å². The van der Waals surface area contributed by atoms with Crippen molar-refractivity contribution in [2.24, 2.45) is 0 Å². The number of rotatable bonds is 2. The molecule has 0 amide bonds. The van der Waals surface area contributed by atoms with E-state index in [1.54, 1.807) is 0 Å². The van der Waals surface area contributed by atoms with Crippen LogP contribution in [0.4, 0.5) is 0 Å². The van der Waals surface area contributed by atoms with E-state index in [2.05, 4.69) is 19.6 Å². The Bertz CT molecular complexity index is 511. The normalized spacial score (nSPS) is 24.4. The molecule has 1 aromatic carbocycles. The first-order chi connectivity index (χ1) is 8.27. The Kier molecular flexibility index (Phi) is 2.97. The molecule has 0 fully saturated rings. The highest BCUT2D eigenvalue weighted by molar-refractivity contribution is 6.87. The largest absolute Gasteiger partial charge is 0.447 e. The van der Waals surface area contributed by atoms with Crippen LogP contribution in [0.3, 0.4) is 0 Å². The lowest BCUT2D eigenvalue weighted by molar-refractivity contribution is -0.145. The van der Waals surface area contributed by atoms with Gasteiger partial charge >= 0.3 is 5.97 Å². The molecule has 0 spiro atoms. The van der Waals surface area contributed by atoms with E-state index in [0.29, 0.717) is 0 Å². The van der Waals surface area contributed by atoms with E-state index in [4.69, 9.17) is 4.74 Å². The van der Waals surface area contributed by atoms with E-state index in [-0.39, 0.29) is 5.97 Å². The van der Waals surface area contributed by atoms with Gasteiger partial charge in [-0.2, -0.15) is 0 Å². The second-order valence-corrected chi connectivity index (χ2v) is 11.0. The zero-order chi connectivity index (χ0) is 13.6. The summed E-state index contributed by atoms with van der Waals surface area (Å²) in [6.07, 6.45) is 0. The van der Waals surface area contributed by atoms with Gasteiger partial charge in [-0.25, -0.2) is 4.79 Å². The molecule has 1 aliphatic rings. The predicted octanol–water partition coefficient (Wildman–Crippen LogP) is 3.65. The lowest BCUT2D eigenvalue weighted by atomic mass is 9.90. The third-order valence-corrected chi connectivity index (χ3v) is 5.75. The van der Waals surface area contributed by atoms with Gasteiger partial charge in [-0.3, -0.25) is 0 Å². The summed E-state index contributed by atoms with van der Waals surface area (Å²) >= 11 is 0. The van der Waals surface area contributed by atoms with E-state index in [9.17, 15) is 4.79 Å². The molecule has 1 unspecified atom stereocenters. The second kappa shape index (κ2) is 4.09. The van der Waals surface area contributed by atoms with Crippen molar-refractivity contribution in [3.05, 3.63) is 46.7 Å². The highest BCUT2D eigenvalue weighted by atomic mass is 28.3. The summed E-state index contributed by atoms with van der Waals surface area (Å²) in [6, 6.07) is 9.97. The Morgan fingerprint density at radius 1 is 1.11 bits per heavy atom. The maximum Gasteiger partial charge on any atom is 0.331 e. The number of hydrogen-bond acceptors (Lipinski definition) is 2. The average Bonchev–Trinajstić information content (AvgIpc) is 2.51. The maximum atomic E-state index is 12.2. The van der Waals surface area contributed by atoms with Gasteiger partial charge in [0.2, 0.25) is 0 Å². The molecule has 2 nitrogen and oxygen atoms in total. The number of ether oxygens (including phenoxy) is 1. The summed E-state index contributed by atoms with van der Waals surface area (Å²) in [6.45, 7) is 10.6. The van der Waals surface area contributed by atoms with Crippen molar-refractivity contribution in [2.45, 2.75) is 39.1 Å². The molecule has 0 aromatic heterocycles. The fraction of sp³-hybridized carbons (Fsp3) is 0.400. The molecule has 1 atom stereocenters. The summed E-state index contributed by atoms with van der Waals surface area (Å²) in [4.78, 5) is 12.2. The number of carbonyl (C=O) groups is 1. The van der Waals surface area contributed by atoms with E-state index in [1.807, 2.05) is 44.2 Å². The summed E-state index contributed by atoms with van der Waals surface area (Å²) < 4.78 is 5.71. The zero-order valence-electron chi connectivity index (χ0n) is 11.7. The van der Waals surface area contributed by atoms with Gasteiger partial charge in [0.1, 0.15) is 0 Å². The Morgan fingerprint density at radius 3 is 2.11 bits per heavy atom. The molecule has 1 aliphatic heterocycles.